The summed E-state index contributed by atoms with van der Waals surface area (Å²) in [4.78, 5) is 45.5. The molecule has 4 heterocycles. The fraction of sp³-hybridized carbons (Fsp3) is 0.381. The van der Waals surface area contributed by atoms with E-state index in [1.54, 1.807) is 39.9 Å². The van der Waals surface area contributed by atoms with Crippen molar-refractivity contribution in [2.75, 3.05) is 24.2 Å². The minimum atomic E-state index is -0.572. The van der Waals surface area contributed by atoms with Crippen LogP contribution in [0.3, 0.4) is 0 Å². The number of hydrogen-bond donors (Lipinski definition) is 1. The largest absolute Gasteiger partial charge is 0.337 e. The maximum atomic E-state index is 13.3. The highest BCUT2D eigenvalue weighted by molar-refractivity contribution is 8.00. The van der Waals surface area contributed by atoms with Gasteiger partial charge >= 0.3 is 6.03 Å². The zero-order chi connectivity index (χ0) is 21.5. The maximum absolute atomic E-state index is 13.3. The Labute approximate surface area is 188 Å². The molecule has 1 aromatic heterocycles. The topological polar surface area (TPSA) is 76.2 Å². The molecular weight excluding hydrogens is 434 g/mol. The number of rotatable bonds is 5. The van der Waals surface area contributed by atoms with Gasteiger partial charge in [-0.2, -0.15) is 5.43 Å². The highest BCUT2D eigenvalue weighted by atomic mass is 32.2. The number of benzene rings is 1. The molecule has 3 unspecified atom stereocenters. The van der Waals surface area contributed by atoms with Crippen LogP contribution < -0.4 is 10.3 Å². The van der Waals surface area contributed by atoms with E-state index in [-0.39, 0.29) is 35.7 Å². The summed E-state index contributed by atoms with van der Waals surface area (Å²) in [5.41, 5.74) is 3.91. The molecule has 1 aromatic carbocycles. The number of likely N-dealkylation sites (N-methyl/N-ethyl adjacent to an activating group) is 1. The molecule has 3 aliphatic heterocycles. The number of urea groups is 1. The van der Waals surface area contributed by atoms with Crippen molar-refractivity contribution in [1.29, 1.82) is 0 Å². The first-order valence-corrected chi connectivity index (χ1v) is 12.1. The summed E-state index contributed by atoms with van der Waals surface area (Å²) < 4.78 is 0. The van der Waals surface area contributed by atoms with Crippen LogP contribution >= 0.6 is 23.1 Å². The number of hydrogen-bond acceptors (Lipinski definition) is 6. The average molecular weight is 458 g/mol. The first-order chi connectivity index (χ1) is 15.0. The zero-order valence-corrected chi connectivity index (χ0v) is 18.6. The molecular formula is C21H23N5O3S2. The number of thioether (sulfide) groups is 1. The number of hydrazine groups is 1. The Morgan fingerprint density at radius 1 is 1.19 bits per heavy atom. The molecule has 31 heavy (non-hydrogen) atoms. The van der Waals surface area contributed by atoms with Crippen LogP contribution in [0, 0.1) is 0 Å². The summed E-state index contributed by atoms with van der Waals surface area (Å²) in [6.45, 7) is 0.330. The van der Waals surface area contributed by atoms with E-state index < -0.39 is 6.29 Å². The summed E-state index contributed by atoms with van der Waals surface area (Å²) in [7, 11) is 1.70. The van der Waals surface area contributed by atoms with Crippen LogP contribution in [0.15, 0.2) is 47.8 Å². The molecule has 0 radical (unpaired) electrons. The van der Waals surface area contributed by atoms with E-state index in [9.17, 15) is 14.4 Å². The molecule has 3 aliphatic rings. The van der Waals surface area contributed by atoms with E-state index in [4.69, 9.17) is 0 Å². The van der Waals surface area contributed by atoms with Gasteiger partial charge in [-0.1, -0.05) is 24.3 Å². The normalized spacial score (nSPS) is 25.1. The molecule has 3 saturated heterocycles. The first-order valence-electron chi connectivity index (χ1n) is 10.2. The molecule has 3 atom stereocenters. The summed E-state index contributed by atoms with van der Waals surface area (Å²) >= 11 is 3.20. The minimum absolute atomic E-state index is 0.0528. The molecule has 10 heteroatoms. The van der Waals surface area contributed by atoms with Crippen molar-refractivity contribution in [2.45, 2.75) is 30.5 Å². The zero-order valence-electron chi connectivity index (χ0n) is 17.0. The van der Waals surface area contributed by atoms with Gasteiger partial charge in [-0.15, -0.1) is 23.1 Å². The van der Waals surface area contributed by atoms with Crippen LogP contribution in [-0.4, -0.2) is 69.6 Å². The van der Waals surface area contributed by atoms with Crippen molar-refractivity contribution in [2.24, 2.45) is 0 Å². The molecule has 1 N–H and O–H groups in total. The highest BCUT2D eigenvalue weighted by Gasteiger charge is 2.56. The van der Waals surface area contributed by atoms with Gasteiger partial charge in [-0.05, 0) is 35.8 Å². The number of nitrogens with zero attached hydrogens (tertiary/aromatic N) is 4. The molecule has 0 bridgehead atoms. The monoisotopic (exact) mass is 457 g/mol. The van der Waals surface area contributed by atoms with Gasteiger partial charge in [0.15, 0.2) is 6.29 Å². The van der Waals surface area contributed by atoms with Gasteiger partial charge in [0, 0.05) is 17.6 Å². The van der Waals surface area contributed by atoms with Crippen LogP contribution in [0.4, 0.5) is 10.5 Å². The third-order valence-electron chi connectivity index (χ3n) is 5.94. The molecule has 0 spiro atoms. The van der Waals surface area contributed by atoms with Gasteiger partial charge in [0.2, 0.25) is 11.8 Å². The highest BCUT2D eigenvalue weighted by Crippen LogP contribution is 2.40. The van der Waals surface area contributed by atoms with E-state index in [2.05, 4.69) is 5.43 Å². The first kappa shape index (κ1) is 20.3. The standard InChI is InChI=1S/C21H23N5O3S2/c1-23(14-6-3-2-4-7-14)17(27)13-25-21(29)26-16-9-11-31-18(16)19(28)24(20(26)22-25)12-15-8-5-10-30-15/h2-8,10,16,18,20,22H,9,11-13H2,1H3. The van der Waals surface area contributed by atoms with Crippen molar-refractivity contribution in [3.05, 3.63) is 52.7 Å². The number of para-hydroxylation sites is 1. The molecule has 0 saturated carbocycles. The van der Waals surface area contributed by atoms with Crippen molar-refractivity contribution >= 4 is 46.6 Å². The number of carbonyl (C=O) groups is 3. The van der Waals surface area contributed by atoms with E-state index in [1.807, 2.05) is 47.8 Å². The van der Waals surface area contributed by atoms with Gasteiger partial charge in [-0.25, -0.2) is 9.80 Å². The third-order valence-corrected chi connectivity index (χ3v) is 8.15. The molecule has 4 amide bonds. The predicted molar refractivity (Wildman–Crippen MR) is 120 cm³/mol. The Bertz CT molecular complexity index is 986. The van der Waals surface area contributed by atoms with Gasteiger partial charge in [0.1, 0.15) is 11.8 Å². The van der Waals surface area contributed by atoms with Crippen LogP contribution in [0.5, 0.6) is 0 Å². The van der Waals surface area contributed by atoms with Crippen LogP contribution in [0.25, 0.3) is 0 Å². The predicted octanol–water partition coefficient (Wildman–Crippen LogP) is 2.15. The second kappa shape index (κ2) is 8.18. The SMILES string of the molecule is CN(C(=O)CN1NC2N(Cc3cccs3)C(=O)C3SCCC3N2C1=O)c1ccccc1. The van der Waals surface area contributed by atoms with Crippen LogP contribution in [0.2, 0.25) is 0 Å². The summed E-state index contributed by atoms with van der Waals surface area (Å²) in [5, 5.41) is 3.09. The van der Waals surface area contributed by atoms with Gasteiger partial charge < -0.3 is 9.80 Å². The summed E-state index contributed by atoms with van der Waals surface area (Å²) in [5.74, 6) is 0.692. The molecule has 162 valence electrons. The fourth-order valence-corrected chi connectivity index (χ4v) is 6.41. The fourth-order valence-electron chi connectivity index (χ4n) is 4.31. The molecule has 2 aromatic rings. The number of anilines is 1. The Balaban J connectivity index is 1.37. The summed E-state index contributed by atoms with van der Waals surface area (Å²) in [6.07, 6.45) is 0.209. The number of amides is 4. The molecule has 0 aliphatic carbocycles. The van der Waals surface area contributed by atoms with Gasteiger partial charge in [0.05, 0.1) is 12.6 Å². The lowest BCUT2D eigenvalue weighted by Gasteiger charge is -2.44. The lowest BCUT2D eigenvalue weighted by molar-refractivity contribution is -0.145. The number of carbonyl (C=O) groups excluding carboxylic acids is 3. The van der Waals surface area contributed by atoms with Crippen LogP contribution in [0.1, 0.15) is 11.3 Å². The Morgan fingerprint density at radius 3 is 2.74 bits per heavy atom. The maximum Gasteiger partial charge on any atom is 0.337 e. The lowest BCUT2D eigenvalue weighted by Crippen LogP contribution is -2.65. The van der Waals surface area contributed by atoms with Crippen molar-refractivity contribution in [3.63, 3.8) is 0 Å². The van der Waals surface area contributed by atoms with Gasteiger partial charge in [-0.3, -0.25) is 14.5 Å². The quantitative estimate of drug-likeness (QED) is 0.745. The molecule has 8 nitrogen and oxygen atoms in total. The summed E-state index contributed by atoms with van der Waals surface area (Å²) in [6, 6.07) is 12.9. The second-order valence-corrected chi connectivity index (χ2v) is 10.0. The number of fused-ring (bicyclic) bond motifs is 3. The smallest absolute Gasteiger partial charge is 0.314 e. The Hall–Kier alpha value is -2.56. The minimum Gasteiger partial charge on any atom is -0.314 e. The molecule has 3 fully saturated rings. The Kier molecular flexibility index (Phi) is 5.37. The van der Waals surface area contributed by atoms with E-state index in [0.717, 1.165) is 22.7 Å². The van der Waals surface area contributed by atoms with Crippen LogP contribution in [-0.2, 0) is 16.1 Å². The molecule has 5 rings (SSSR count). The third kappa shape index (κ3) is 3.58. The number of thiophene rings is 1. The number of nitrogens with one attached hydrogen (secondary N) is 1. The van der Waals surface area contributed by atoms with E-state index in [0.29, 0.717) is 6.54 Å². The average Bonchev–Trinajstić information content (AvgIpc) is 3.52. The Morgan fingerprint density at radius 2 is 2.00 bits per heavy atom. The van der Waals surface area contributed by atoms with Crippen molar-refractivity contribution in [1.82, 2.24) is 20.2 Å². The van der Waals surface area contributed by atoms with Crippen molar-refractivity contribution in [3.8, 4) is 0 Å². The van der Waals surface area contributed by atoms with E-state index in [1.165, 1.54) is 9.91 Å². The van der Waals surface area contributed by atoms with Crippen molar-refractivity contribution < 1.29 is 14.4 Å². The van der Waals surface area contributed by atoms with Gasteiger partial charge in [0.25, 0.3) is 0 Å². The second-order valence-electron chi connectivity index (χ2n) is 7.76. The van der Waals surface area contributed by atoms with E-state index >= 15 is 0 Å². The lowest BCUT2D eigenvalue weighted by atomic mass is 10.1.